The van der Waals surface area contributed by atoms with E-state index >= 15 is 0 Å². The van der Waals surface area contributed by atoms with Gasteiger partial charge in [0.05, 0.1) is 17.6 Å². The molecule has 2 aromatic heterocycles. The van der Waals surface area contributed by atoms with Crippen molar-refractivity contribution in [3.63, 3.8) is 0 Å². The van der Waals surface area contributed by atoms with Crippen LogP contribution >= 0.6 is 11.3 Å². The van der Waals surface area contributed by atoms with Crippen LogP contribution in [0.25, 0.3) is 21.7 Å². The van der Waals surface area contributed by atoms with E-state index in [0.717, 1.165) is 4.88 Å². The van der Waals surface area contributed by atoms with E-state index in [1.165, 1.54) is 6.92 Å². The Hall–Kier alpha value is -2.87. The van der Waals surface area contributed by atoms with Gasteiger partial charge in [0.15, 0.2) is 0 Å². The number of hydrogen-bond donors (Lipinski definition) is 3. The third kappa shape index (κ3) is 3.63. The number of fused-ring (bicyclic) bond motifs is 1. The summed E-state index contributed by atoms with van der Waals surface area (Å²) in [5.41, 5.74) is 1.69. The van der Waals surface area contributed by atoms with Crippen LogP contribution < -0.4 is 15.4 Å². The number of carbonyl (C=O) groups excluding carboxylic acids is 2. The predicted molar refractivity (Wildman–Crippen MR) is 97.0 cm³/mol. The number of amides is 2. The van der Waals surface area contributed by atoms with E-state index in [-0.39, 0.29) is 11.8 Å². The van der Waals surface area contributed by atoms with Gasteiger partial charge in [0.2, 0.25) is 5.91 Å². The molecule has 8 heteroatoms. The van der Waals surface area contributed by atoms with Crippen molar-refractivity contribution in [1.82, 2.24) is 20.6 Å². The number of methoxy groups -OCH3 is 1. The summed E-state index contributed by atoms with van der Waals surface area (Å²) in [4.78, 5) is 32.2. The maximum Gasteiger partial charge on any atom is 0.253 e. The first-order chi connectivity index (χ1) is 12.1. The Balaban J connectivity index is 1.90. The van der Waals surface area contributed by atoms with Crippen LogP contribution in [0.2, 0.25) is 0 Å². The standard InChI is InChI=1S/C17H18N4O3S/c1-10(22)18-7-8-19-17(23)11-5-6-12(24-2)15-14(11)20-16(21-15)13-4-3-9-25-13/h3-6,9H,7-8H2,1-2H3,(H,18,22)(H,19,23)(H,20,21). The van der Waals surface area contributed by atoms with E-state index in [1.807, 2.05) is 17.5 Å². The van der Waals surface area contributed by atoms with Crippen LogP contribution in [-0.4, -0.2) is 42.0 Å². The zero-order chi connectivity index (χ0) is 17.8. The fourth-order valence-corrected chi connectivity index (χ4v) is 3.13. The van der Waals surface area contributed by atoms with Gasteiger partial charge in [-0.2, -0.15) is 0 Å². The number of imidazole rings is 1. The van der Waals surface area contributed by atoms with E-state index in [0.29, 0.717) is 41.3 Å². The number of nitrogens with one attached hydrogen (secondary N) is 3. The summed E-state index contributed by atoms with van der Waals surface area (Å²) in [6.07, 6.45) is 0. The van der Waals surface area contributed by atoms with Gasteiger partial charge in [-0.15, -0.1) is 11.3 Å². The van der Waals surface area contributed by atoms with Gasteiger partial charge in [0.25, 0.3) is 5.91 Å². The molecule has 3 rings (SSSR count). The van der Waals surface area contributed by atoms with Crippen LogP contribution in [0, 0.1) is 0 Å². The molecule has 25 heavy (non-hydrogen) atoms. The van der Waals surface area contributed by atoms with E-state index in [9.17, 15) is 9.59 Å². The van der Waals surface area contributed by atoms with E-state index in [2.05, 4.69) is 20.6 Å². The van der Waals surface area contributed by atoms with Crippen LogP contribution in [-0.2, 0) is 4.79 Å². The third-order valence-corrected chi connectivity index (χ3v) is 4.49. The highest BCUT2D eigenvalue weighted by molar-refractivity contribution is 7.13. The number of nitrogens with zero attached hydrogens (tertiary/aromatic N) is 1. The molecule has 0 bridgehead atoms. The second kappa shape index (κ2) is 7.35. The number of thiophene rings is 1. The Bertz CT molecular complexity index is 902. The van der Waals surface area contributed by atoms with Crippen LogP contribution in [0.4, 0.5) is 0 Å². The van der Waals surface area contributed by atoms with Crippen LogP contribution in [0.15, 0.2) is 29.6 Å². The molecule has 1 aromatic carbocycles. The molecule has 0 fully saturated rings. The summed E-state index contributed by atoms with van der Waals surface area (Å²) in [6, 6.07) is 7.33. The number of ether oxygens (including phenoxy) is 1. The van der Waals surface area contributed by atoms with Crippen molar-refractivity contribution in [3.05, 3.63) is 35.2 Å². The number of aromatic nitrogens is 2. The fraction of sp³-hybridized carbons (Fsp3) is 0.235. The van der Waals surface area contributed by atoms with Crippen LogP contribution in [0.5, 0.6) is 5.75 Å². The highest BCUT2D eigenvalue weighted by Gasteiger charge is 2.18. The highest BCUT2D eigenvalue weighted by atomic mass is 32.1. The molecule has 0 aliphatic carbocycles. The molecular formula is C17H18N4O3S. The Morgan fingerprint density at radius 2 is 2.04 bits per heavy atom. The lowest BCUT2D eigenvalue weighted by Gasteiger charge is -2.08. The SMILES string of the molecule is COc1ccc(C(=O)NCCNC(C)=O)c2nc(-c3cccs3)[nH]c12. The molecular weight excluding hydrogens is 340 g/mol. The molecule has 3 aromatic rings. The minimum atomic E-state index is -0.248. The molecule has 0 saturated carbocycles. The quantitative estimate of drug-likeness (QED) is 0.589. The van der Waals surface area contributed by atoms with Gasteiger partial charge >= 0.3 is 0 Å². The molecule has 0 radical (unpaired) electrons. The molecule has 0 aliphatic rings. The molecule has 0 unspecified atom stereocenters. The van der Waals surface area contributed by atoms with Crippen molar-refractivity contribution < 1.29 is 14.3 Å². The molecule has 130 valence electrons. The number of carbonyl (C=O) groups is 2. The van der Waals surface area contributed by atoms with Crippen molar-refractivity contribution in [2.75, 3.05) is 20.2 Å². The van der Waals surface area contributed by atoms with E-state index in [4.69, 9.17) is 4.74 Å². The summed E-state index contributed by atoms with van der Waals surface area (Å²) in [5, 5.41) is 7.39. The summed E-state index contributed by atoms with van der Waals surface area (Å²) >= 11 is 1.56. The van der Waals surface area contributed by atoms with Gasteiger partial charge in [0, 0.05) is 20.0 Å². The fourth-order valence-electron chi connectivity index (χ4n) is 2.46. The second-order valence-electron chi connectivity index (χ2n) is 5.34. The van der Waals surface area contributed by atoms with Gasteiger partial charge in [-0.3, -0.25) is 9.59 Å². The van der Waals surface area contributed by atoms with Crippen molar-refractivity contribution in [2.24, 2.45) is 0 Å². The van der Waals surface area contributed by atoms with E-state index < -0.39 is 0 Å². The minimum Gasteiger partial charge on any atom is -0.494 e. The maximum atomic E-state index is 12.5. The number of hydrogen-bond acceptors (Lipinski definition) is 5. The molecule has 0 aliphatic heterocycles. The van der Waals surface area contributed by atoms with Gasteiger partial charge in [0.1, 0.15) is 22.6 Å². The normalized spacial score (nSPS) is 10.6. The summed E-state index contributed by atoms with van der Waals surface area (Å²) in [6.45, 7) is 2.15. The Kier molecular flexibility index (Phi) is 4.99. The van der Waals surface area contributed by atoms with Gasteiger partial charge in [-0.05, 0) is 23.6 Å². The van der Waals surface area contributed by atoms with Crippen molar-refractivity contribution >= 4 is 34.2 Å². The average Bonchev–Trinajstić information content (AvgIpc) is 3.26. The molecule has 3 N–H and O–H groups in total. The lowest BCUT2D eigenvalue weighted by molar-refractivity contribution is -0.118. The maximum absolute atomic E-state index is 12.5. The van der Waals surface area contributed by atoms with Gasteiger partial charge in [-0.25, -0.2) is 4.98 Å². The Morgan fingerprint density at radius 1 is 1.24 bits per heavy atom. The topological polar surface area (TPSA) is 96.1 Å². The zero-order valence-corrected chi connectivity index (χ0v) is 14.7. The lowest BCUT2D eigenvalue weighted by atomic mass is 10.1. The third-order valence-electron chi connectivity index (χ3n) is 3.61. The first-order valence-corrected chi connectivity index (χ1v) is 8.61. The zero-order valence-electron chi connectivity index (χ0n) is 13.9. The Morgan fingerprint density at radius 3 is 2.72 bits per heavy atom. The number of benzene rings is 1. The first kappa shape index (κ1) is 17.0. The van der Waals surface area contributed by atoms with Crippen molar-refractivity contribution in [3.8, 4) is 16.5 Å². The number of H-pyrrole nitrogens is 1. The largest absolute Gasteiger partial charge is 0.494 e. The van der Waals surface area contributed by atoms with Gasteiger partial charge in [-0.1, -0.05) is 6.07 Å². The van der Waals surface area contributed by atoms with Gasteiger partial charge < -0.3 is 20.4 Å². The molecule has 2 amide bonds. The van der Waals surface area contributed by atoms with Crippen molar-refractivity contribution in [1.29, 1.82) is 0 Å². The molecule has 7 nitrogen and oxygen atoms in total. The average molecular weight is 358 g/mol. The molecule has 0 spiro atoms. The van der Waals surface area contributed by atoms with Crippen LogP contribution in [0.3, 0.4) is 0 Å². The highest BCUT2D eigenvalue weighted by Crippen LogP contribution is 2.31. The second-order valence-corrected chi connectivity index (χ2v) is 6.29. The first-order valence-electron chi connectivity index (χ1n) is 7.73. The van der Waals surface area contributed by atoms with Crippen molar-refractivity contribution in [2.45, 2.75) is 6.92 Å². The summed E-state index contributed by atoms with van der Waals surface area (Å²) in [7, 11) is 1.58. The minimum absolute atomic E-state index is 0.131. The molecule has 2 heterocycles. The lowest BCUT2D eigenvalue weighted by Crippen LogP contribution is -2.33. The smallest absolute Gasteiger partial charge is 0.253 e. The number of rotatable bonds is 6. The summed E-state index contributed by atoms with van der Waals surface area (Å²) < 4.78 is 5.37. The summed E-state index contributed by atoms with van der Waals surface area (Å²) in [5.74, 6) is 0.943. The Labute approximate surface area is 148 Å². The number of aromatic amines is 1. The molecule has 0 saturated heterocycles. The predicted octanol–water partition coefficient (Wildman–Crippen LogP) is 2.17. The van der Waals surface area contributed by atoms with Crippen LogP contribution in [0.1, 0.15) is 17.3 Å². The van der Waals surface area contributed by atoms with E-state index in [1.54, 1.807) is 30.6 Å². The monoisotopic (exact) mass is 358 g/mol. The molecule has 0 atom stereocenters.